The van der Waals surface area contributed by atoms with Crippen molar-refractivity contribution < 1.29 is 9.90 Å². The quantitative estimate of drug-likeness (QED) is 0.580. The van der Waals surface area contributed by atoms with Gasteiger partial charge in [-0.25, -0.2) is 4.79 Å². The fourth-order valence-electron chi connectivity index (χ4n) is 3.87. The van der Waals surface area contributed by atoms with Crippen molar-refractivity contribution in [2.75, 3.05) is 25.0 Å². The molecule has 154 valence electrons. The molecule has 3 aromatic rings. The Morgan fingerprint density at radius 1 is 1.13 bits per heavy atom. The van der Waals surface area contributed by atoms with Gasteiger partial charge >= 0.3 is 5.97 Å². The number of hydrogen-bond donors (Lipinski definition) is 2. The molecule has 1 aromatic heterocycles. The number of benzene rings is 2. The maximum atomic E-state index is 11.0. The lowest BCUT2D eigenvalue weighted by Crippen LogP contribution is -2.18. The maximum absolute atomic E-state index is 11.0. The summed E-state index contributed by atoms with van der Waals surface area (Å²) >= 11 is 0. The largest absolute Gasteiger partial charge is 0.478 e. The standard InChI is InChI=1S/C25H27N3O2/c1-18(12-19-4-7-21(8-5-19)25(29)30)15-26-23-14-22-13-20(6-9-24(22)27-16-23)17-28-10-2-3-11-28/h4-9,12-14,16,26H,2-3,10-11,15,17H2,1H3,(H,29,30). The topological polar surface area (TPSA) is 65.5 Å². The minimum absolute atomic E-state index is 0.300. The number of aromatic nitrogens is 1. The van der Waals surface area contributed by atoms with Crippen molar-refractivity contribution >= 4 is 28.6 Å². The molecule has 1 aliphatic rings. The van der Waals surface area contributed by atoms with E-state index in [-0.39, 0.29) is 0 Å². The van der Waals surface area contributed by atoms with Crippen LogP contribution in [0.15, 0.2) is 60.3 Å². The molecule has 0 saturated carbocycles. The molecule has 5 heteroatoms. The first-order valence-electron chi connectivity index (χ1n) is 10.4. The molecule has 1 aliphatic heterocycles. The van der Waals surface area contributed by atoms with Crippen LogP contribution in [0.2, 0.25) is 0 Å². The van der Waals surface area contributed by atoms with Crippen LogP contribution in [-0.4, -0.2) is 40.6 Å². The predicted molar refractivity (Wildman–Crippen MR) is 122 cm³/mol. The van der Waals surface area contributed by atoms with E-state index in [2.05, 4.69) is 52.5 Å². The van der Waals surface area contributed by atoms with Crippen LogP contribution in [0, 0.1) is 0 Å². The molecular formula is C25H27N3O2. The van der Waals surface area contributed by atoms with Crippen LogP contribution in [0.4, 0.5) is 5.69 Å². The van der Waals surface area contributed by atoms with Gasteiger partial charge in [0.25, 0.3) is 0 Å². The smallest absolute Gasteiger partial charge is 0.335 e. The fourth-order valence-corrected chi connectivity index (χ4v) is 3.87. The van der Waals surface area contributed by atoms with Crippen LogP contribution >= 0.6 is 0 Å². The van der Waals surface area contributed by atoms with Crippen molar-refractivity contribution in [1.82, 2.24) is 9.88 Å². The van der Waals surface area contributed by atoms with Crippen LogP contribution in [0.5, 0.6) is 0 Å². The van der Waals surface area contributed by atoms with E-state index in [9.17, 15) is 4.79 Å². The Bertz CT molecular complexity index is 1070. The van der Waals surface area contributed by atoms with Gasteiger partial charge in [-0.05, 0) is 74.3 Å². The average Bonchev–Trinajstić information content (AvgIpc) is 3.25. The van der Waals surface area contributed by atoms with Crippen LogP contribution in [0.1, 0.15) is 41.3 Å². The number of nitrogens with one attached hydrogen (secondary N) is 1. The average molecular weight is 402 g/mol. The second-order valence-corrected chi connectivity index (χ2v) is 8.01. The van der Waals surface area contributed by atoms with Crippen LogP contribution in [0.25, 0.3) is 17.0 Å². The lowest BCUT2D eigenvalue weighted by Gasteiger charge is -2.15. The summed E-state index contributed by atoms with van der Waals surface area (Å²) < 4.78 is 0. The number of carboxylic acids is 1. The van der Waals surface area contributed by atoms with Gasteiger partial charge in [-0.3, -0.25) is 9.88 Å². The number of fused-ring (bicyclic) bond motifs is 1. The zero-order valence-corrected chi connectivity index (χ0v) is 17.3. The Hall–Kier alpha value is -3.18. The summed E-state index contributed by atoms with van der Waals surface area (Å²) in [7, 11) is 0. The molecule has 5 nitrogen and oxygen atoms in total. The Morgan fingerprint density at radius 3 is 2.63 bits per heavy atom. The third-order valence-electron chi connectivity index (χ3n) is 5.49. The van der Waals surface area contributed by atoms with Gasteiger partial charge in [0.2, 0.25) is 0 Å². The molecule has 2 aromatic carbocycles. The van der Waals surface area contributed by atoms with Crippen molar-refractivity contribution in [3.63, 3.8) is 0 Å². The Kier molecular flexibility index (Phi) is 6.10. The molecule has 0 amide bonds. The maximum Gasteiger partial charge on any atom is 0.335 e. The highest BCUT2D eigenvalue weighted by molar-refractivity contribution is 5.87. The summed E-state index contributed by atoms with van der Waals surface area (Å²) in [5, 5.41) is 13.6. The van der Waals surface area contributed by atoms with E-state index in [1.807, 2.05) is 18.3 Å². The minimum atomic E-state index is -0.906. The lowest BCUT2D eigenvalue weighted by atomic mass is 10.1. The second kappa shape index (κ2) is 9.09. The molecule has 4 rings (SSSR count). The summed E-state index contributed by atoms with van der Waals surface area (Å²) in [4.78, 5) is 18.1. The molecule has 0 spiro atoms. The first-order valence-corrected chi connectivity index (χ1v) is 10.4. The van der Waals surface area contributed by atoms with Gasteiger partial charge in [0.1, 0.15) is 0 Å². The number of carboxylic acid groups (broad SMARTS) is 1. The Labute approximate surface area is 177 Å². The first-order chi connectivity index (χ1) is 14.6. The highest BCUT2D eigenvalue weighted by atomic mass is 16.4. The summed E-state index contributed by atoms with van der Waals surface area (Å²) in [5.41, 5.74) is 5.79. The van der Waals surface area contributed by atoms with Gasteiger partial charge in [-0.15, -0.1) is 0 Å². The second-order valence-electron chi connectivity index (χ2n) is 8.01. The molecule has 2 heterocycles. The Balaban J connectivity index is 1.41. The number of rotatable bonds is 7. The number of carbonyl (C=O) groups is 1. The van der Waals surface area contributed by atoms with Gasteiger partial charge in [0.15, 0.2) is 0 Å². The van der Waals surface area contributed by atoms with Crippen LogP contribution in [0.3, 0.4) is 0 Å². The molecular weight excluding hydrogens is 374 g/mol. The number of likely N-dealkylation sites (tertiary alicyclic amines) is 1. The molecule has 2 N–H and O–H groups in total. The fraction of sp³-hybridized carbons (Fsp3) is 0.280. The van der Waals surface area contributed by atoms with Crippen LogP contribution < -0.4 is 5.32 Å². The van der Waals surface area contributed by atoms with Crippen molar-refractivity contribution in [3.8, 4) is 0 Å². The minimum Gasteiger partial charge on any atom is -0.478 e. The molecule has 1 fully saturated rings. The third kappa shape index (κ3) is 5.05. The normalized spacial score (nSPS) is 14.9. The van der Waals surface area contributed by atoms with E-state index >= 15 is 0 Å². The SMILES string of the molecule is CC(=Cc1ccc(C(=O)O)cc1)CNc1cnc2ccc(CN3CCCC3)cc2c1. The van der Waals surface area contributed by atoms with E-state index in [1.54, 1.807) is 12.1 Å². The van der Waals surface area contributed by atoms with E-state index in [0.29, 0.717) is 12.1 Å². The first kappa shape index (κ1) is 20.1. The number of nitrogens with zero attached hydrogens (tertiary/aromatic N) is 2. The monoisotopic (exact) mass is 401 g/mol. The molecule has 0 bridgehead atoms. The van der Waals surface area contributed by atoms with Crippen molar-refractivity contribution in [3.05, 3.63) is 77.0 Å². The summed E-state index contributed by atoms with van der Waals surface area (Å²) in [6.45, 7) is 6.16. The van der Waals surface area contributed by atoms with Crippen molar-refractivity contribution in [2.24, 2.45) is 0 Å². The molecule has 0 radical (unpaired) electrons. The number of pyridine rings is 1. The lowest BCUT2D eigenvalue weighted by molar-refractivity contribution is 0.0697. The van der Waals surface area contributed by atoms with Gasteiger partial charge in [-0.1, -0.05) is 29.8 Å². The molecule has 0 unspecified atom stereocenters. The van der Waals surface area contributed by atoms with E-state index in [0.717, 1.165) is 34.3 Å². The van der Waals surface area contributed by atoms with Gasteiger partial charge < -0.3 is 10.4 Å². The van der Waals surface area contributed by atoms with Crippen molar-refractivity contribution in [1.29, 1.82) is 0 Å². The van der Waals surface area contributed by atoms with E-state index in [4.69, 9.17) is 5.11 Å². The number of anilines is 1. The molecule has 0 aliphatic carbocycles. The van der Waals surface area contributed by atoms with Gasteiger partial charge in [0.05, 0.1) is 23.0 Å². The number of aromatic carboxylic acids is 1. The summed E-state index contributed by atoms with van der Waals surface area (Å²) in [6.07, 6.45) is 6.54. The van der Waals surface area contributed by atoms with E-state index < -0.39 is 5.97 Å². The molecule has 30 heavy (non-hydrogen) atoms. The number of hydrogen-bond acceptors (Lipinski definition) is 4. The van der Waals surface area contributed by atoms with Gasteiger partial charge in [0, 0.05) is 18.5 Å². The zero-order valence-electron chi connectivity index (χ0n) is 17.3. The van der Waals surface area contributed by atoms with Gasteiger partial charge in [-0.2, -0.15) is 0 Å². The molecule has 0 atom stereocenters. The highest BCUT2D eigenvalue weighted by Gasteiger charge is 2.12. The predicted octanol–water partition coefficient (Wildman–Crippen LogP) is 5.04. The summed E-state index contributed by atoms with van der Waals surface area (Å²) in [6, 6.07) is 15.6. The summed E-state index contributed by atoms with van der Waals surface area (Å²) in [5.74, 6) is -0.906. The highest BCUT2D eigenvalue weighted by Crippen LogP contribution is 2.21. The van der Waals surface area contributed by atoms with E-state index in [1.165, 1.54) is 31.5 Å². The third-order valence-corrected chi connectivity index (χ3v) is 5.49. The zero-order chi connectivity index (χ0) is 20.9. The Morgan fingerprint density at radius 2 is 1.90 bits per heavy atom. The van der Waals surface area contributed by atoms with Crippen LogP contribution in [-0.2, 0) is 6.54 Å². The molecule has 1 saturated heterocycles. The van der Waals surface area contributed by atoms with Crippen molar-refractivity contribution in [2.45, 2.75) is 26.3 Å².